The van der Waals surface area contributed by atoms with Crippen LogP contribution < -0.4 is 5.32 Å². The van der Waals surface area contributed by atoms with Crippen LogP contribution in [0.1, 0.15) is 11.9 Å². The Morgan fingerprint density at radius 3 is 3.08 bits per heavy atom. The summed E-state index contributed by atoms with van der Waals surface area (Å²) >= 11 is 7.14. The molecule has 0 spiro atoms. The third kappa shape index (κ3) is 3.06. The molecule has 3 nitrogen and oxygen atoms in total. The summed E-state index contributed by atoms with van der Waals surface area (Å²) in [5.74, 6) is 0. The molecule has 5 heteroatoms. The molecule has 0 radical (unpaired) electrons. The van der Waals surface area contributed by atoms with E-state index in [4.69, 9.17) is 16.7 Å². The molecule has 0 bridgehead atoms. The lowest BCUT2D eigenvalue weighted by atomic mass is 10.4. The first-order valence-corrected chi connectivity index (χ1v) is 4.86. The Kier molecular flexibility index (Phi) is 3.94. The molecule has 0 saturated carbocycles. The highest BCUT2D eigenvalue weighted by Gasteiger charge is 2.02. The third-order valence-electron chi connectivity index (χ3n) is 1.40. The molecule has 0 saturated heterocycles. The summed E-state index contributed by atoms with van der Waals surface area (Å²) in [6.45, 7) is 2.72. The number of aliphatic hydroxyl groups is 1. The maximum atomic E-state index is 8.71. The van der Waals surface area contributed by atoms with E-state index in [0.29, 0.717) is 10.9 Å². The fourth-order valence-electron chi connectivity index (χ4n) is 0.696. The van der Waals surface area contributed by atoms with Crippen LogP contribution in [0.2, 0.25) is 4.34 Å². The van der Waals surface area contributed by atoms with Gasteiger partial charge in [-0.25, -0.2) is 4.98 Å². The summed E-state index contributed by atoms with van der Waals surface area (Å²) in [6, 6.07) is 0.104. The first-order valence-electron chi connectivity index (χ1n) is 3.67. The summed E-state index contributed by atoms with van der Waals surface area (Å²) < 4.78 is 0.698. The quantitative estimate of drug-likeness (QED) is 0.780. The summed E-state index contributed by atoms with van der Waals surface area (Å²) in [7, 11) is 0. The van der Waals surface area contributed by atoms with Crippen LogP contribution in [0.15, 0.2) is 6.20 Å². The Morgan fingerprint density at radius 2 is 2.58 bits per heavy atom. The molecule has 1 atom stereocenters. The van der Waals surface area contributed by atoms with E-state index in [-0.39, 0.29) is 12.6 Å². The predicted molar refractivity (Wildman–Crippen MR) is 50.5 cm³/mol. The molecule has 1 aromatic heterocycles. The molecular weight excluding hydrogens is 196 g/mol. The molecular formula is C7H11ClN2OS. The third-order valence-corrected chi connectivity index (χ3v) is 2.52. The van der Waals surface area contributed by atoms with Crippen LogP contribution in [-0.2, 0) is 6.54 Å². The van der Waals surface area contributed by atoms with Crippen LogP contribution in [0.5, 0.6) is 0 Å². The number of rotatable bonds is 4. The summed E-state index contributed by atoms with van der Waals surface area (Å²) in [4.78, 5) is 4.06. The van der Waals surface area contributed by atoms with E-state index in [1.54, 1.807) is 6.20 Å². The van der Waals surface area contributed by atoms with Crippen LogP contribution in [-0.4, -0.2) is 22.7 Å². The number of hydrogen-bond acceptors (Lipinski definition) is 4. The smallest absolute Gasteiger partial charge is 0.113 e. The molecule has 1 rings (SSSR count). The van der Waals surface area contributed by atoms with Gasteiger partial charge in [0, 0.05) is 12.6 Å². The van der Waals surface area contributed by atoms with Crippen LogP contribution in [0.3, 0.4) is 0 Å². The Morgan fingerprint density at radius 1 is 1.83 bits per heavy atom. The fourth-order valence-corrected chi connectivity index (χ4v) is 1.60. The van der Waals surface area contributed by atoms with Gasteiger partial charge in [-0.1, -0.05) is 11.6 Å². The Hall–Kier alpha value is -0.160. The largest absolute Gasteiger partial charge is 0.395 e. The van der Waals surface area contributed by atoms with Crippen molar-refractivity contribution in [2.45, 2.75) is 19.5 Å². The number of nitrogens with zero attached hydrogens (tertiary/aromatic N) is 1. The first kappa shape index (κ1) is 9.92. The minimum atomic E-state index is 0.104. The molecule has 0 aliphatic carbocycles. The molecule has 0 amide bonds. The van der Waals surface area contributed by atoms with Crippen LogP contribution in [0.4, 0.5) is 0 Å². The number of aromatic nitrogens is 1. The van der Waals surface area contributed by atoms with E-state index in [2.05, 4.69) is 10.3 Å². The zero-order valence-corrected chi connectivity index (χ0v) is 8.32. The van der Waals surface area contributed by atoms with Gasteiger partial charge in [0.25, 0.3) is 0 Å². The predicted octanol–water partition coefficient (Wildman–Crippen LogP) is 1.27. The van der Waals surface area contributed by atoms with Crippen molar-refractivity contribution >= 4 is 22.9 Å². The van der Waals surface area contributed by atoms with Crippen LogP contribution >= 0.6 is 22.9 Å². The number of hydrogen-bond donors (Lipinski definition) is 2. The second kappa shape index (κ2) is 4.77. The van der Waals surface area contributed by atoms with E-state index >= 15 is 0 Å². The van der Waals surface area contributed by atoms with Gasteiger partial charge in [-0.3, -0.25) is 0 Å². The lowest BCUT2D eigenvalue weighted by Gasteiger charge is -2.07. The van der Waals surface area contributed by atoms with Gasteiger partial charge in [-0.2, -0.15) is 0 Å². The van der Waals surface area contributed by atoms with Crippen molar-refractivity contribution in [3.05, 3.63) is 15.5 Å². The van der Waals surface area contributed by atoms with Crippen molar-refractivity contribution in [1.82, 2.24) is 10.3 Å². The van der Waals surface area contributed by atoms with Gasteiger partial charge < -0.3 is 10.4 Å². The van der Waals surface area contributed by atoms with Gasteiger partial charge in [-0.05, 0) is 6.92 Å². The van der Waals surface area contributed by atoms with Gasteiger partial charge in [-0.15, -0.1) is 11.3 Å². The number of halogens is 1. The van der Waals surface area contributed by atoms with Crippen LogP contribution in [0, 0.1) is 0 Å². The molecule has 1 aromatic rings. The van der Waals surface area contributed by atoms with Gasteiger partial charge in [0.2, 0.25) is 0 Å². The molecule has 0 fully saturated rings. The van der Waals surface area contributed by atoms with Gasteiger partial charge in [0.15, 0.2) is 0 Å². The molecule has 2 N–H and O–H groups in total. The normalized spacial score (nSPS) is 13.2. The van der Waals surface area contributed by atoms with E-state index < -0.39 is 0 Å². The Labute approximate surface area is 80.4 Å². The lowest BCUT2D eigenvalue weighted by Crippen LogP contribution is -2.28. The minimum Gasteiger partial charge on any atom is -0.395 e. The average Bonchev–Trinajstić information content (AvgIpc) is 2.47. The highest BCUT2D eigenvalue weighted by atomic mass is 35.5. The molecule has 1 unspecified atom stereocenters. The molecule has 68 valence electrons. The summed E-state index contributed by atoms with van der Waals surface area (Å²) in [5, 5.41) is 12.8. The minimum absolute atomic E-state index is 0.104. The second-order valence-electron chi connectivity index (χ2n) is 2.52. The van der Waals surface area contributed by atoms with Gasteiger partial charge in [0.05, 0.1) is 12.8 Å². The van der Waals surface area contributed by atoms with Crippen molar-refractivity contribution in [2.75, 3.05) is 6.61 Å². The molecule has 0 aromatic carbocycles. The van der Waals surface area contributed by atoms with Gasteiger partial charge >= 0.3 is 0 Å². The zero-order valence-electron chi connectivity index (χ0n) is 6.75. The number of thiazole rings is 1. The Balaban J connectivity index is 2.33. The van der Waals surface area contributed by atoms with Crippen molar-refractivity contribution in [3.63, 3.8) is 0 Å². The van der Waals surface area contributed by atoms with Crippen molar-refractivity contribution in [2.24, 2.45) is 0 Å². The lowest BCUT2D eigenvalue weighted by molar-refractivity contribution is 0.251. The second-order valence-corrected chi connectivity index (χ2v) is 4.27. The van der Waals surface area contributed by atoms with E-state index in [1.165, 1.54) is 11.3 Å². The summed E-state index contributed by atoms with van der Waals surface area (Å²) in [5.41, 5.74) is 0. The van der Waals surface area contributed by atoms with E-state index in [9.17, 15) is 0 Å². The zero-order chi connectivity index (χ0) is 8.97. The highest BCUT2D eigenvalue weighted by Crippen LogP contribution is 2.17. The van der Waals surface area contributed by atoms with E-state index in [0.717, 1.165) is 5.01 Å². The maximum Gasteiger partial charge on any atom is 0.113 e. The van der Waals surface area contributed by atoms with Gasteiger partial charge in [0.1, 0.15) is 9.34 Å². The SMILES string of the molecule is CC(CO)NCc1ncc(Cl)s1. The molecule has 1 heterocycles. The highest BCUT2D eigenvalue weighted by molar-refractivity contribution is 7.15. The topological polar surface area (TPSA) is 45.1 Å². The van der Waals surface area contributed by atoms with E-state index in [1.807, 2.05) is 6.92 Å². The van der Waals surface area contributed by atoms with Crippen molar-refractivity contribution in [1.29, 1.82) is 0 Å². The van der Waals surface area contributed by atoms with Crippen molar-refractivity contribution in [3.8, 4) is 0 Å². The first-order chi connectivity index (χ1) is 5.72. The number of nitrogens with one attached hydrogen (secondary N) is 1. The average molecular weight is 207 g/mol. The van der Waals surface area contributed by atoms with Crippen molar-refractivity contribution < 1.29 is 5.11 Å². The summed E-state index contributed by atoms with van der Waals surface area (Å²) in [6.07, 6.45) is 1.63. The fraction of sp³-hybridized carbons (Fsp3) is 0.571. The van der Waals surface area contributed by atoms with Crippen LogP contribution in [0.25, 0.3) is 0 Å². The number of aliphatic hydroxyl groups excluding tert-OH is 1. The molecule has 0 aliphatic heterocycles. The molecule has 12 heavy (non-hydrogen) atoms. The maximum absolute atomic E-state index is 8.71. The monoisotopic (exact) mass is 206 g/mol. The Bertz CT molecular complexity index is 241. The molecule has 0 aliphatic rings. The standard InChI is InChI=1S/C7H11ClN2OS/c1-5(4-11)9-3-7-10-2-6(8)12-7/h2,5,9,11H,3-4H2,1H3.